The smallest absolute Gasteiger partial charge is 0.203 e. The molecule has 0 atom stereocenters. The van der Waals surface area contributed by atoms with Gasteiger partial charge < -0.3 is 14.2 Å². The van der Waals surface area contributed by atoms with Gasteiger partial charge >= 0.3 is 0 Å². The third-order valence-electron chi connectivity index (χ3n) is 15.3. The molecule has 0 aliphatic carbocycles. The third kappa shape index (κ3) is 47.6. The first-order chi connectivity index (χ1) is 34.7. The second-order valence-corrected chi connectivity index (χ2v) is 22.5. The molecule has 3 nitrogen and oxygen atoms in total. The molecule has 70 heavy (non-hydrogen) atoms. The number of unbranched alkanes of at least 4 members (excludes halogenated alkanes) is 51. The van der Waals surface area contributed by atoms with Gasteiger partial charge in [0.15, 0.2) is 11.5 Å². The number of ether oxygens (including phenoxy) is 3. The lowest BCUT2D eigenvalue weighted by Crippen LogP contribution is -2.06. The van der Waals surface area contributed by atoms with E-state index >= 15 is 0 Å². The second kappa shape index (κ2) is 56.9. The highest BCUT2D eigenvalue weighted by atomic mass is 16.5. The molecule has 0 aromatic heterocycles. The Morgan fingerprint density at radius 2 is 0.386 bits per heavy atom. The number of rotatable bonds is 60. The van der Waals surface area contributed by atoms with Crippen LogP contribution in [0.5, 0.6) is 17.2 Å². The molecule has 1 aromatic carbocycles. The SMILES string of the molecule is [CH2]c1cc(OCCCCCCCCCCCCCCCCCCCC)c(OCCCCCCCCCCCCCCCCCCCC)c(OCCCCCCCCCCCCCCCCCCCC)c1. The van der Waals surface area contributed by atoms with Crippen molar-refractivity contribution < 1.29 is 14.2 Å². The largest absolute Gasteiger partial charge is 0.490 e. The zero-order valence-corrected chi connectivity index (χ0v) is 48.4. The van der Waals surface area contributed by atoms with Crippen molar-refractivity contribution in [3.63, 3.8) is 0 Å². The van der Waals surface area contributed by atoms with E-state index in [-0.39, 0.29) is 0 Å². The minimum absolute atomic E-state index is 0.723. The van der Waals surface area contributed by atoms with Crippen LogP contribution in [0.3, 0.4) is 0 Å². The Morgan fingerprint density at radius 3 is 0.571 bits per heavy atom. The quantitative estimate of drug-likeness (QED) is 0.0609. The van der Waals surface area contributed by atoms with Gasteiger partial charge in [-0.05, 0) is 43.9 Å². The molecule has 0 fully saturated rings. The number of hydrogen-bond donors (Lipinski definition) is 0. The van der Waals surface area contributed by atoms with E-state index < -0.39 is 0 Å². The van der Waals surface area contributed by atoms with Crippen LogP contribution in [-0.4, -0.2) is 19.8 Å². The molecule has 1 aromatic rings. The van der Waals surface area contributed by atoms with Gasteiger partial charge in [0.25, 0.3) is 0 Å². The summed E-state index contributed by atoms with van der Waals surface area (Å²) in [5.74, 6) is 2.47. The van der Waals surface area contributed by atoms with Crippen molar-refractivity contribution in [1.29, 1.82) is 0 Å². The van der Waals surface area contributed by atoms with Gasteiger partial charge in [-0.3, -0.25) is 0 Å². The fraction of sp³-hybridized carbons (Fsp3) is 0.896. The van der Waals surface area contributed by atoms with Crippen LogP contribution in [0, 0.1) is 6.92 Å². The van der Waals surface area contributed by atoms with Gasteiger partial charge in [-0.1, -0.05) is 348 Å². The number of benzene rings is 1. The molecule has 3 heteroatoms. The van der Waals surface area contributed by atoms with E-state index in [9.17, 15) is 0 Å². The van der Waals surface area contributed by atoms with E-state index in [2.05, 4.69) is 39.8 Å². The summed E-state index contributed by atoms with van der Waals surface area (Å²) in [6.45, 7) is 13.4. The van der Waals surface area contributed by atoms with E-state index in [1.165, 1.54) is 327 Å². The summed E-state index contributed by atoms with van der Waals surface area (Å²) in [7, 11) is 0. The minimum atomic E-state index is 0.723. The van der Waals surface area contributed by atoms with Crippen LogP contribution in [0.1, 0.15) is 373 Å². The van der Waals surface area contributed by atoms with Crippen molar-refractivity contribution in [3.8, 4) is 17.2 Å². The molecule has 0 saturated carbocycles. The Kier molecular flexibility index (Phi) is 54.2. The first-order valence-electron chi connectivity index (χ1n) is 32.6. The van der Waals surface area contributed by atoms with Gasteiger partial charge in [-0.15, -0.1) is 0 Å². The van der Waals surface area contributed by atoms with E-state index in [1.54, 1.807) is 0 Å². The van der Waals surface area contributed by atoms with Crippen LogP contribution < -0.4 is 14.2 Å². The van der Waals surface area contributed by atoms with Crippen LogP contribution in [0.2, 0.25) is 0 Å². The molecule has 1 rings (SSSR count). The summed E-state index contributed by atoms with van der Waals surface area (Å²) < 4.78 is 19.5. The van der Waals surface area contributed by atoms with Gasteiger partial charge in [0, 0.05) is 0 Å². The molecule has 1 radical (unpaired) electrons. The lowest BCUT2D eigenvalue weighted by molar-refractivity contribution is 0.234. The average Bonchev–Trinajstić information content (AvgIpc) is 3.36. The summed E-state index contributed by atoms with van der Waals surface area (Å²) in [4.78, 5) is 0. The highest BCUT2D eigenvalue weighted by Crippen LogP contribution is 2.39. The van der Waals surface area contributed by atoms with Crippen molar-refractivity contribution in [2.45, 2.75) is 367 Å². The van der Waals surface area contributed by atoms with Crippen molar-refractivity contribution in [2.24, 2.45) is 0 Å². The van der Waals surface area contributed by atoms with Crippen molar-refractivity contribution in [2.75, 3.05) is 19.8 Å². The van der Waals surface area contributed by atoms with Crippen LogP contribution in [-0.2, 0) is 0 Å². The van der Waals surface area contributed by atoms with Crippen LogP contribution in [0.4, 0.5) is 0 Å². The normalized spacial score (nSPS) is 11.5. The molecule has 0 bridgehead atoms. The van der Waals surface area contributed by atoms with Crippen LogP contribution >= 0.6 is 0 Å². The first kappa shape index (κ1) is 66.6. The van der Waals surface area contributed by atoms with Gasteiger partial charge in [-0.2, -0.15) is 0 Å². The topological polar surface area (TPSA) is 27.7 Å². The molecule has 413 valence electrons. The zero-order chi connectivity index (χ0) is 50.2. The lowest BCUT2D eigenvalue weighted by atomic mass is 10.0. The Balaban J connectivity index is 2.33. The molecular formula is C67H127O3. The molecule has 0 N–H and O–H groups in total. The summed E-state index contributed by atoms with van der Waals surface area (Å²) in [5, 5.41) is 0. The van der Waals surface area contributed by atoms with E-state index in [0.29, 0.717) is 0 Å². The van der Waals surface area contributed by atoms with Crippen molar-refractivity contribution in [1.82, 2.24) is 0 Å². The minimum Gasteiger partial charge on any atom is -0.490 e. The second-order valence-electron chi connectivity index (χ2n) is 22.5. The molecule has 0 unspecified atom stereocenters. The fourth-order valence-corrected chi connectivity index (χ4v) is 10.5. The molecule has 0 saturated heterocycles. The Labute approximate surface area is 441 Å². The molecule has 0 aliphatic rings. The molecular weight excluding hydrogens is 853 g/mol. The molecule has 0 aliphatic heterocycles. The lowest BCUT2D eigenvalue weighted by Gasteiger charge is -2.18. The van der Waals surface area contributed by atoms with Crippen molar-refractivity contribution >= 4 is 0 Å². The Bertz CT molecular complexity index is 1070. The zero-order valence-electron chi connectivity index (χ0n) is 48.4. The van der Waals surface area contributed by atoms with Gasteiger partial charge in [0.2, 0.25) is 5.75 Å². The van der Waals surface area contributed by atoms with Crippen LogP contribution in [0.15, 0.2) is 12.1 Å². The third-order valence-corrected chi connectivity index (χ3v) is 15.3. The molecule has 0 amide bonds. The molecule has 0 heterocycles. The first-order valence-corrected chi connectivity index (χ1v) is 32.6. The maximum absolute atomic E-state index is 6.56. The average molecular weight is 981 g/mol. The fourth-order valence-electron chi connectivity index (χ4n) is 10.5. The summed E-state index contributed by atoms with van der Waals surface area (Å²) >= 11 is 0. The monoisotopic (exact) mass is 980 g/mol. The Hall–Kier alpha value is -1.38. The van der Waals surface area contributed by atoms with Gasteiger partial charge in [0.05, 0.1) is 19.8 Å². The van der Waals surface area contributed by atoms with E-state index in [1.807, 2.05) is 0 Å². The highest BCUT2D eigenvalue weighted by molar-refractivity contribution is 5.54. The predicted octanol–water partition coefficient (Wildman–Crippen LogP) is 24.1. The molecule has 0 spiro atoms. The predicted molar refractivity (Wildman–Crippen MR) is 314 cm³/mol. The highest BCUT2D eigenvalue weighted by Gasteiger charge is 2.15. The maximum Gasteiger partial charge on any atom is 0.203 e. The summed E-state index contributed by atoms with van der Waals surface area (Å²) in [6, 6.07) is 4.14. The van der Waals surface area contributed by atoms with Crippen molar-refractivity contribution in [3.05, 3.63) is 24.6 Å². The summed E-state index contributed by atoms with van der Waals surface area (Å²) in [6.07, 6.45) is 75.2. The Morgan fingerprint density at radius 1 is 0.229 bits per heavy atom. The van der Waals surface area contributed by atoms with Crippen LogP contribution in [0.25, 0.3) is 0 Å². The number of hydrogen-bond acceptors (Lipinski definition) is 3. The maximum atomic E-state index is 6.56. The van der Waals surface area contributed by atoms with E-state index in [0.717, 1.165) is 61.9 Å². The summed E-state index contributed by atoms with van der Waals surface area (Å²) in [5.41, 5.74) is 0.945. The van der Waals surface area contributed by atoms with E-state index in [4.69, 9.17) is 14.2 Å². The van der Waals surface area contributed by atoms with Gasteiger partial charge in [-0.25, -0.2) is 0 Å². The van der Waals surface area contributed by atoms with Gasteiger partial charge in [0.1, 0.15) is 0 Å². The standard InChI is InChI=1S/C67H127O3/c1-5-8-11-14-17-20-23-26-29-32-35-38-41-44-47-50-53-56-59-68-65-62-64(4)63-66(69-60-57-54-51-48-45-42-39-36-33-30-27-24-21-18-15-12-9-6-2)67(65)70-61-58-55-52-49-46-43-40-37-34-31-28-25-22-19-16-13-10-7-3/h62-63H,4-61H2,1-3H3.